The monoisotopic (exact) mass is 269 g/mol. The first-order valence-electron chi connectivity index (χ1n) is 7.10. The van der Waals surface area contributed by atoms with Crippen LogP contribution in [0, 0.1) is 13.8 Å². The summed E-state index contributed by atoms with van der Waals surface area (Å²) in [7, 11) is 1.99. The van der Waals surface area contributed by atoms with E-state index in [0.717, 1.165) is 12.2 Å². The number of benzene rings is 2. The van der Waals surface area contributed by atoms with Crippen LogP contribution >= 0.6 is 0 Å². The van der Waals surface area contributed by atoms with Crippen LogP contribution in [-0.4, -0.2) is 19.7 Å². The van der Waals surface area contributed by atoms with Gasteiger partial charge in [-0.25, -0.2) is 0 Å². The molecule has 0 radical (unpaired) electrons. The number of rotatable bonds is 6. The molecule has 0 aliphatic heterocycles. The Morgan fingerprint density at radius 3 is 2.50 bits per heavy atom. The summed E-state index contributed by atoms with van der Waals surface area (Å²) in [6.07, 6.45) is 0.983. The summed E-state index contributed by atoms with van der Waals surface area (Å²) in [5.41, 5.74) is 4.04. The second-order valence-electron chi connectivity index (χ2n) is 5.24. The van der Waals surface area contributed by atoms with Crippen LogP contribution < -0.4 is 10.1 Å². The summed E-state index contributed by atoms with van der Waals surface area (Å²) in [4.78, 5) is 0. The van der Waals surface area contributed by atoms with E-state index in [9.17, 15) is 0 Å². The van der Waals surface area contributed by atoms with Gasteiger partial charge in [0.05, 0.1) is 0 Å². The lowest BCUT2D eigenvalue weighted by molar-refractivity contribution is 0.269. The lowest BCUT2D eigenvalue weighted by atomic mass is 9.99. The van der Waals surface area contributed by atoms with E-state index in [0.29, 0.717) is 12.6 Å². The Balaban J connectivity index is 1.97. The van der Waals surface area contributed by atoms with Gasteiger partial charge < -0.3 is 10.1 Å². The lowest BCUT2D eigenvalue weighted by Crippen LogP contribution is -2.34. The van der Waals surface area contributed by atoms with Gasteiger partial charge in [0.15, 0.2) is 0 Å². The molecule has 0 aliphatic carbocycles. The van der Waals surface area contributed by atoms with E-state index in [-0.39, 0.29) is 0 Å². The molecule has 0 amide bonds. The van der Waals surface area contributed by atoms with Crippen LogP contribution in [-0.2, 0) is 6.42 Å². The van der Waals surface area contributed by atoms with Gasteiger partial charge in [0.1, 0.15) is 12.4 Å². The van der Waals surface area contributed by atoms with Gasteiger partial charge in [0.25, 0.3) is 0 Å². The highest BCUT2D eigenvalue weighted by Gasteiger charge is 2.10. The third-order valence-electron chi connectivity index (χ3n) is 3.57. The fraction of sp³-hybridized carbons (Fsp3) is 0.333. The maximum atomic E-state index is 5.84. The number of nitrogens with one attached hydrogen (secondary N) is 1. The molecule has 0 saturated carbocycles. The van der Waals surface area contributed by atoms with Crippen molar-refractivity contribution < 1.29 is 4.74 Å². The van der Waals surface area contributed by atoms with Gasteiger partial charge in [-0.05, 0) is 50.6 Å². The van der Waals surface area contributed by atoms with E-state index in [1.165, 1.54) is 16.7 Å². The standard InChI is InChI=1S/C18H23NO/c1-14-9-10-15(2)16(11-14)12-17(19-3)13-20-18-7-5-4-6-8-18/h4-11,17,19H,12-13H2,1-3H3. The van der Waals surface area contributed by atoms with Crippen molar-refractivity contribution in [2.45, 2.75) is 26.3 Å². The summed E-state index contributed by atoms with van der Waals surface area (Å²) in [6.45, 7) is 4.98. The van der Waals surface area contributed by atoms with Crippen LogP contribution in [0.5, 0.6) is 5.75 Å². The number of ether oxygens (including phenoxy) is 1. The Bertz CT molecular complexity index is 536. The van der Waals surface area contributed by atoms with Gasteiger partial charge >= 0.3 is 0 Å². The Hall–Kier alpha value is -1.80. The average Bonchev–Trinajstić information content (AvgIpc) is 2.48. The Morgan fingerprint density at radius 2 is 1.80 bits per heavy atom. The van der Waals surface area contributed by atoms with Gasteiger partial charge in [-0.1, -0.05) is 42.0 Å². The molecule has 1 N–H and O–H groups in total. The predicted octanol–water partition coefficient (Wildman–Crippen LogP) is 3.51. The fourth-order valence-corrected chi connectivity index (χ4v) is 2.24. The van der Waals surface area contributed by atoms with E-state index in [4.69, 9.17) is 4.74 Å². The molecule has 0 fully saturated rings. The predicted molar refractivity (Wildman–Crippen MR) is 84.4 cm³/mol. The van der Waals surface area contributed by atoms with Gasteiger partial charge in [-0.3, -0.25) is 0 Å². The maximum absolute atomic E-state index is 5.84. The highest BCUT2D eigenvalue weighted by molar-refractivity contribution is 5.31. The van der Waals surface area contributed by atoms with Crippen molar-refractivity contribution in [3.63, 3.8) is 0 Å². The number of hydrogen-bond acceptors (Lipinski definition) is 2. The molecule has 2 nitrogen and oxygen atoms in total. The molecule has 2 aromatic rings. The van der Waals surface area contributed by atoms with Crippen molar-refractivity contribution in [1.29, 1.82) is 0 Å². The first-order chi connectivity index (χ1) is 9.69. The Labute approximate surface area is 121 Å². The van der Waals surface area contributed by atoms with Crippen molar-refractivity contribution in [2.75, 3.05) is 13.7 Å². The topological polar surface area (TPSA) is 21.3 Å². The molecule has 0 bridgehead atoms. The van der Waals surface area contributed by atoms with E-state index >= 15 is 0 Å². The molecular weight excluding hydrogens is 246 g/mol. The van der Waals surface area contributed by atoms with Crippen LogP contribution in [0.25, 0.3) is 0 Å². The molecule has 1 atom stereocenters. The highest BCUT2D eigenvalue weighted by Crippen LogP contribution is 2.14. The summed E-state index contributed by atoms with van der Waals surface area (Å²) < 4.78 is 5.84. The molecule has 2 rings (SSSR count). The zero-order valence-electron chi connectivity index (χ0n) is 12.5. The first-order valence-corrected chi connectivity index (χ1v) is 7.10. The van der Waals surface area contributed by atoms with E-state index in [2.05, 4.69) is 37.4 Å². The van der Waals surface area contributed by atoms with Gasteiger partial charge in [0, 0.05) is 6.04 Å². The first kappa shape index (κ1) is 14.6. The second kappa shape index (κ2) is 7.11. The minimum Gasteiger partial charge on any atom is -0.492 e. The third kappa shape index (κ3) is 4.10. The minimum absolute atomic E-state index is 0.315. The SMILES string of the molecule is CNC(COc1ccccc1)Cc1cc(C)ccc1C. The molecule has 0 aromatic heterocycles. The summed E-state index contributed by atoms with van der Waals surface area (Å²) >= 11 is 0. The van der Waals surface area contributed by atoms with Gasteiger partial charge in [-0.15, -0.1) is 0 Å². The molecule has 106 valence electrons. The van der Waals surface area contributed by atoms with E-state index < -0.39 is 0 Å². The number of para-hydroxylation sites is 1. The maximum Gasteiger partial charge on any atom is 0.119 e. The van der Waals surface area contributed by atoms with Crippen molar-refractivity contribution in [3.05, 3.63) is 65.2 Å². The van der Waals surface area contributed by atoms with Gasteiger partial charge in [-0.2, -0.15) is 0 Å². The molecule has 2 aromatic carbocycles. The van der Waals surface area contributed by atoms with Crippen LogP contribution in [0.4, 0.5) is 0 Å². The zero-order chi connectivity index (χ0) is 14.4. The van der Waals surface area contributed by atoms with Crippen LogP contribution in [0.1, 0.15) is 16.7 Å². The van der Waals surface area contributed by atoms with E-state index in [1.54, 1.807) is 0 Å². The van der Waals surface area contributed by atoms with E-state index in [1.807, 2.05) is 37.4 Å². The zero-order valence-corrected chi connectivity index (χ0v) is 12.5. The average molecular weight is 269 g/mol. The molecule has 1 unspecified atom stereocenters. The number of aryl methyl sites for hydroxylation is 2. The van der Waals surface area contributed by atoms with Crippen molar-refractivity contribution in [1.82, 2.24) is 5.32 Å². The molecule has 0 heterocycles. The fourth-order valence-electron chi connectivity index (χ4n) is 2.24. The summed E-state index contributed by atoms with van der Waals surface area (Å²) in [6, 6.07) is 16.9. The molecular formula is C18H23NO. The van der Waals surface area contributed by atoms with Crippen LogP contribution in [0.3, 0.4) is 0 Å². The molecule has 0 spiro atoms. The number of hydrogen-bond donors (Lipinski definition) is 1. The quantitative estimate of drug-likeness (QED) is 0.866. The summed E-state index contributed by atoms with van der Waals surface area (Å²) in [5.74, 6) is 0.925. The third-order valence-corrected chi connectivity index (χ3v) is 3.57. The normalized spacial score (nSPS) is 12.2. The highest BCUT2D eigenvalue weighted by atomic mass is 16.5. The molecule has 20 heavy (non-hydrogen) atoms. The molecule has 2 heteroatoms. The smallest absolute Gasteiger partial charge is 0.119 e. The largest absolute Gasteiger partial charge is 0.492 e. The lowest BCUT2D eigenvalue weighted by Gasteiger charge is -2.18. The van der Waals surface area contributed by atoms with Gasteiger partial charge in [0.2, 0.25) is 0 Å². The Kier molecular flexibility index (Phi) is 5.19. The Morgan fingerprint density at radius 1 is 1.05 bits per heavy atom. The van der Waals surface area contributed by atoms with Crippen molar-refractivity contribution >= 4 is 0 Å². The molecule has 0 aliphatic rings. The van der Waals surface area contributed by atoms with Crippen LogP contribution in [0.15, 0.2) is 48.5 Å². The van der Waals surface area contributed by atoms with Crippen molar-refractivity contribution in [2.24, 2.45) is 0 Å². The van der Waals surface area contributed by atoms with Crippen molar-refractivity contribution in [3.8, 4) is 5.75 Å². The summed E-state index contributed by atoms with van der Waals surface area (Å²) in [5, 5.41) is 3.34. The number of likely N-dealkylation sites (N-methyl/N-ethyl adjacent to an activating group) is 1. The minimum atomic E-state index is 0.315. The van der Waals surface area contributed by atoms with Crippen LogP contribution in [0.2, 0.25) is 0 Å². The second-order valence-corrected chi connectivity index (χ2v) is 5.24. The molecule has 0 saturated heterocycles.